The number of aryl methyl sites for hydroxylation is 1. The van der Waals surface area contributed by atoms with Crippen molar-refractivity contribution < 1.29 is 19.8 Å². The molecular weight excluding hydrogens is 299 g/mol. The standard InChI is InChI=1S/C9H7IO4/c1-4-2-5(8(11)12)7(10)6(3-4)9(13)14/h2-3H,1H3,(H,11,12)(H,13,14). The monoisotopic (exact) mass is 306 g/mol. The lowest BCUT2D eigenvalue weighted by Gasteiger charge is -2.04. The van der Waals surface area contributed by atoms with Crippen LogP contribution in [0.2, 0.25) is 0 Å². The maximum atomic E-state index is 10.8. The third-order valence-corrected chi connectivity index (χ3v) is 2.84. The second-order valence-electron chi connectivity index (χ2n) is 2.78. The van der Waals surface area contributed by atoms with Crippen LogP contribution in [-0.2, 0) is 0 Å². The van der Waals surface area contributed by atoms with E-state index in [2.05, 4.69) is 0 Å². The number of rotatable bonds is 2. The lowest BCUT2D eigenvalue weighted by Crippen LogP contribution is -2.07. The molecule has 1 rings (SSSR count). The quantitative estimate of drug-likeness (QED) is 0.820. The lowest BCUT2D eigenvalue weighted by molar-refractivity contribution is 0.0695. The van der Waals surface area contributed by atoms with Gasteiger partial charge in [-0.1, -0.05) is 0 Å². The second-order valence-corrected chi connectivity index (χ2v) is 3.86. The molecule has 5 heteroatoms. The number of carbonyl (C=O) groups is 2. The maximum Gasteiger partial charge on any atom is 0.336 e. The molecule has 4 nitrogen and oxygen atoms in total. The second kappa shape index (κ2) is 3.95. The number of carboxylic acid groups (broad SMARTS) is 2. The summed E-state index contributed by atoms with van der Waals surface area (Å²) in [6, 6.07) is 2.91. The van der Waals surface area contributed by atoms with Crippen molar-refractivity contribution in [1.29, 1.82) is 0 Å². The Balaban J connectivity index is 3.47. The molecular formula is C9H7IO4. The Labute approximate surface area is 93.7 Å². The van der Waals surface area contributed by atoms with E-state index in [4.69, 9.17) is 10.2 Å². The molecule has 0 aliphatic rings. The molecule has 0 unspecified atom stereocenters. The summed E-state index contributed by atoms with van der Waals surface area (Å²) in [5.41, 5.74) is 0.686. The Hall–Kier alpha value is -1.11. The van der Waals surface area contributed by atoms with E-state index >= 15 is 0 Å². The highest BCUT2D eigenvalue weighted by Gasteiger charge is 2.16. The Bertz CT molecular complexity index is 376. The van der Waals surface area contributed by atoms with Crippen molar-refractivity contribution in [3.8, 4) is 0 Å². The smallest absolute Gasteiger partial charge is 0.336 e. The van der Waals surface area contributed by atoms with E-state index in [-0.39, 0.29) is 14.7 Å². The van der Waals surface area contributed by atoms with Crippen molar-refractivity contribution in [1.82, 2.24) is 0 Å². The molecule has 0 fully saturated rings. The van der Waals surface area contributed by atoms with Gasteiger partial charge in [0.15, 0.2) is 0 Å². The Morgan fingerprint density at radius 1 is 1.14 bits per heavy atom. The van der Waals surface area contributed by atoms with Crippen LogP contribution in [0.5, 0.6) is 0 Å². The highest BCUT2D eigenvalue weighted by molar-refractivity contribution is 14.1. The van der Waals surface area contributed by atoms with Crippen LogP contribution in [-0.4, -0.2) is 22.2 Å². The first-order valence-electron chi connectivity index (χ1n) is 3.70. The normalized spacial score (nSPS) is 9.86. The van der Waals surface area contributed by atoms with Gasteiger partial charge < -0.3 is 10.2 Å². The Morgan fingerprint density at radius 3 is 1.79 bits per heavy atom. The highest BCUT2D eigenvalue weighted by Crippen LogP contribution is 2.20. The molecule has 74 valence electrons. The van der Waals surface area contributed by atoms with Crippen molar-refractivity contribution in [2.45, 2.75) is 6.92 Å². The molecule has 0 bridgehead atoms. The predicted octanol–water partition coefficient (Wildman–Crippen LogP) is 2.00. The molecule has 0 amide bonds. The SMILES string of the molecule is Cc1cc(C(=O)O)c(I)c(C(=O)O)c1. The van der Waals surface area contributed by atoms with Gasteiger partial charge in [-0.25, -0.2) is 9.59 Å². The van der Waals surface area contributed by atoms with Crippen LogP contribution in [0.4, 0.5) is 0 Å². The van der Waals surface area contributed by atoms with Gasteiger partial charge in [-0.05, 0) is 47.2 Å². The number of halogens is 1. The average Bonchev–Trinajstić information content (AvgIpc) is 2.07. The zero-order valence-electron chi connectivity index (χ0n) is 7.24. The summed E-state index contributed by atoms with van der Waals surface area (Å²) in [6.07, 6.45) is 0. The minimum Gasteiger partial charge on any atom is -0.478 e. The fourth-order valence-electron chi connectivity index (χ4n) is 1.08. The molecule has 0 aliphatic heterocycles. The summed E-state index contributed by atoms with van der Waals surface area (Å²) in [4.78, 5) is 21.5. The number of hydrogen-bond acceptors (Lipinski definition) is 2. The fraction of sp³-hybridized carbons (Fsp3) is 0.111. The third-order valence-electron chi connectivity index (χ3n) is 1.68. The van der Waals surface area contributed by atoms with Gasteiger partial charge in [-0.15, -0.1) is 0 Å². The van der Waals surface area contributed by atoms with Gasteiger partial charge in [-0.2, -0.15) is 0 Å². The minimum absolute atomic E-state index is 0.0306. The Kier molecular flexibility index (Phi) is 3.10. The van der Waals surface area contributed by atoms with Crippen LogP contribution in [0.3, 0.4) is 0 Å². The molecule has 0 atom stereocenters. The van der Waals surface area contributed by atoms with Crippen molar-refractivity contribution >= 4 is 34.5 Å². The van der Waals surface area contributed by atoms with Crippen LogP contribution in [0.25, 0.3) is 0 Å². The zero-order chi connectivity index (χ0) is 10.9. The number of hydrogen-bond donors (Lipinski definition) is 2. The van der Waals surface area contributed by atoms with Gasteiger partial charge in [0.2, 0.25) is 0 Å². The fourth-order valence-corrected chi connectivity index (χ4v) is 1.85. The van der Waals surface area contributed by atoms with Gasteiger partial charge in [-0.3, -0.25) is 0 Å². The molecule has 0 aliphatic carbocycles. The van der Waals surface area contributed by atoms with Crippen LogP contribution in [0.15, 0.2) is 12.1 Å². The molecule has 0 saturated heterocycles. The first-order chi connectivity index (χ1) is 6.43. The van der Waals surface area contributed by atoms with Crippen LogP contribution >= 0.6 is 22.6 Å². The molecule has 0 spiro atoms. The van der Waals surface area contributed by atoms with Gasteiger partial charge >= 0.3 is 11.9 Å². The van der Waals surface area contributed by atoms with Gasteiger partial charge in [0.25, 0.3) is 0 Å². The lowest BCUT2D eigenvalue weighted by atomic mass is 10.1. The van der Waals surface area contributed by atoms with E-state index in [1.807, 2.05) is 0 Å². The summed E-state index contributed by atoms with van der Waals surface area (Å²) >= 11 is 1.73. The van der Waals surface area contributed by atoms with E-state index in [1.54, 1.807) is 29.5 Å². The maximum absolute atomic E-state index is 10.8. The molecule has 0 saturated carbocycles. The average molecular weight is 306 g/mol. The molecule has 1 aromatic rings. The van der Waals surface area contributed by atoms with Crippen molar-refractivity contribution in [3.63, 3.8) is 0 Å². The molecule has 0 aromatic heterocycles. The van der Waals surface area contributed by atoms with E-state index in [1.165, 1.54) is 12.1 Å². The number of aromatic carboxylic acids is 2. The molecule has 0 radical (unpaired) electrons. The largest absolute Gasteiger partial charge is 0.478 e. The van der Waals surface area contributed by atoms with Gasteiger partial charge in [0.05, 0.1) is 11.1 Å². The van der Waals surface area contributed by atoms with Crippen LogP contribution < -0.4 is 0 Å². The highest BCUT2D eigenvalue weighted by atomic mass is 127. The summed E-state index contributed by atoms with van der Waals surface area (Å²) in [7, 11) is 0. The van der Waals surface area contributed by atoms with E-state index in [0.29, 0.717) is 5.56 Å². The van der Waals surface area contributed by atoms with E-state index in [0.717, 1.165) is 0 Å². The summed E-state index contributed by atoms with van der Waals surface area (Å²) in [6.45, 7) is 1.66. The van der Waals surface area contributed by atoms with Crippen molar-refractivity contribution in [2.75, 3.05) is 0 Å². The van der Waals surface area contributed by atoms with Crippen molar-refractivity contribution in [2.24, 2.45) is 0 Å². The summed E-state index contributed by atoms with van der Waals surface area (Å²) in [5, 5.41) is 17.6. The summed E-state index contributed by atoms with van der Waals surface area (Å²) < 4.78 is 0.258. The van der Waals surface area contributed by atoms with E-state index in [9.17, 15) is 9.59 Å². The Morgan fingerprint density at radius 2 is 1.50 bits per heavy atom. The van der Waals surface area contributed by atoms with Gasteiger partial charge in [0.1, 0.15) is 0 Å². The predicted molar refractivity (Wildman–Crippen MR) is 57.8 cm³/mol. The molecule has 0 heterocycles. The van der Waals surface area contributed by atoms with Crippen LogP contribution in [0, 0.1) is 10.5 Å². The minimum atomic E-state index is -1.11. The van der Waals surface area contributed by atoms with Crippen LogP contribution in [0.1, 0.15) is 26.3 Å². The topological polar surface area (TPSA) is 74.6 Å². The third kappa shape index (κ3) is 2.03. The summed E-state index contributed by atoms with van der Waals surface area (Å²) in [5.74, 6) is -2.22. The van der Waals surface area contributed by atoms with E-state index < -0.39 is 11.9 Å². The van der Waals surface area contributed by atoms with Gasteiger partial charge in [0, 0.05) is 3.57 Å². The first-order valence-corrected chi connectivity index (χ1v) is 4.78. The van der Waals surface area contributed by atoms with Crippen molar-refractivity contribution in [3.05, 3.63) is 32.4 Å². The molecule has 2 N–H and O–H groups in total. The zero-order valence-corrected chi connectivity index (χ0v) is 9.40. The first kappa shape index (κ1) is 11.0. The molecule has 14 heavy (non-hydrogen) atoms. The number of carboxylic acids is 2. The molecule has 1 aromatic carbocycles. The number of benzene rings is 1.